The minimum Gasteiger partial charge on any atom is -0.454 e. The lowest BCUT2D eigenvalue weighted by Gasteiger charge is -2.33. The number of anilines is 2. The van der Waals surface area contributed by atoms with Gasteiger partial charge in [0.1, 0.15) is 12.6 Å². The maximum atomic E-state index is 14.1. The topological polar surface area (TPSA) is 105 Å². The Bertz CT molecular complexity index is 1640. The van der Waals surface area contributed by atoms with E-state index in [1.165, 1.54) is 9.80 Å². The van der Waals surface area contributed by atoms with Crippen LogP contribution in [0.25, 0.3) is 0 Å². The third kappa shape index (κ3) is 5.12. The molecule has 2 aliphatic heterocycles. The van der Waals surface area contributed by atoms with Crippen molar-refractivity contribution in [3.63, 3.8) is 0 Å². The fourth-order valence-corrected chi connectivity index (χ4v) is 5.03. The number of ketones is 1. The van der Waals surface area contributed by atoms with Crippen LogP contribution in [0.15, 0.2) is 103 Å². The maximum Gasteiger partial charge on any atom is 0.299 e. The van der Waals surface area contributed by atoms with Crippen LogP contribution in [0, 0.1) is 0 Å². The molecule has 1 N–H and O–H groups in total. The second-order valence-corrected chi connectivity index (χ2v) is 9.62. The van der Waals surface area contributed by atoms with Gasteiger partial charge in [0.2, 0.25) is 12.7 Å². The summed E-state index contributed by atoms with van der Waals surface area (Å²) in [5.74, 6) is -1.31. The van der Waals surface area contributed by atoms with Gasteiger partial charge in [-0.05, 0) is 35.4 Å². The summed E-state index contributed by atoms with van der Waals surface area (Å²) in [5, 5.41) is 2.91. The van der Waals surface area contributed by atoms with Crippen LogP contribution in [0.5, 0.6) is 11.5 Å². The number of Topliss-reactive ketones (excluding diaryl/α,β-unsaturated/α-hetero) is 1. The van der Waals surface area contributed by atoms with Gasteiger partial charge in [0.25, 0.3) is 17.6 Å². The number of ether oxygens (including phenoxy) is 2. The normalized spacial score (nSPS) is 14.0. The molecule has 2 heterocycles. The average Bonchev–Trinajstić information content (AvgIpc) is 3.56. The van der Waals surface area contributed by atoms with Gasteiger partial charge in [0.05, 0.1) is 11.3 Å². The van der Waals surface area contributed by atoms with E-state index in [9.17, 15) is 19.2 Å². The third-order valence-corrected chi connectivity index (χ3v) is 7.00. The monoisotopic (exact) mass is 547 g/mol. The van der Waals surface area contributed by atoms with E-state index in [4.69, 9.17) is 9.47 Å². The lowest BCUT2D eigenvalue weighted by atomic mass is 10.0. The van der Waals surface area contributed by atoms with Gasteiger partial charge in [0, 0.05) is 18.3 Å². The number of hydrogen-bond acceptors (Lipinski definition) is 6. The first-order valence-electron chi connectivity index (χ1n) is 13.0. The summed E-state index contributed by atoms with van der Waals surface area (Å²) in [5.41, 5.74) is 2.47. The van der Waals surface area contributed by atoms with Crippen LogP contribution >= 0.6 is 0 Å². The predicted molar refractivity (Wildman–Crippen MR) is 150 cm³/mol. The largest absolute Gasteiger partial charge is 0.454 e. The molecule has 204 valence electrons. The van der Waals surface area contributed by atoms with Gasteiger partial charge in [-0.3, -0.25) is 24.1 Å². The van der Waals surface area contributed by atoms with E-state index in [0.717, 1.165) is 5.56 Å². The molecule has 0 saturated carbocycles. The van der Waals surface area contributed by atoms with Crippen LogP contribution in [0.4, 0.5) is 11.4 Å². The first kappa shape index (κ1) is 25.8. The molecule has 4 aromatic rings. The van der Waals surface area contributed by atoms with Gasteiger partial charge in [-0.1, -0.05) is 72.8 Å². The summed E-state index contributed by atoms with van der Waals surface area (Å²) in [4.78, 5) is 56.2. The number of fused-ring (bicyclic) bond motifs is 2. The number of benzene rings is 4. The SMILES string of the molecule is O=C1C(=O)N(CC(=O)N(Cc2ccccc2)C(C(=O)Nc2ccc3c(c2)OCO3)c2ccccc2)c2ccccc21. The highest BCUT2D eigenvalue weighted by atomic mass is 16.7. The zero-order valence-electron chi connectivity index (χ0n) is 21.9. The van der Waals surface area contributed by atoms with Crippen LogP contribution in [-0.4, -0.2) is 41.7 Å². The van der Waals surface area contributed by atoms with Crippen molar-refractivity contribution in [3.8, 4) is 11.5 Å². The first-order valence-corrected chi connectivity index (χ1v) is 13.0. The number of para-hydroxylation sites is 1. The second-order valence-electron chi connectivity index (χ2n) is 9.62. The summed E-state index contributed by atoms with van der Waals surface area (Å²) in [7, 11) is 0. The molecule has 1 unspecified atom stereocenters. The van der Waals surface area contributed by atoms with Crippen LogP contribution in [0.1, 0.15) is 27.5 Å². The van der Waals surface area contributed by atoms with Crippen molar-refractivity contribution < 1.29 is 28.7 Å². The van der Waals surface area contributed by atoms with Crippen molar-refractivity contribution in [1.29, 1.82) is 0 Å². The van der Waals surface area contributed by atoms with E-state index >= 15 is 0 Å². The summed E-state index contributed by atoms with van der Waals surface area (Å²) in [6.07, 6.45) is 0. The molecule has 0 saturated heterocycles. The highest BCUT2D eigenvalue weighted by Gasteiger charge is 2.39. The van der Waals surface area contributed by atoms with E-state index in [1.54, 1.807) is 66.7 Å². The number of amides is 3. The van der Waals surface area contributed by atoms with Crippen molar-refractivity contribution in [3.05, 3.63) is 120 Å². The minimum atomic E-state index is -1.06. The minimum absolute atomic E-state index is 0.0887. The maximum absolute atomic E-state index is 14.1. The first-order chi connectivity index (χ1) is 20.0. The third-order valence-electron chi connectivity index (χ3n) is 7.00. The Kier molecular flexibility index (Phi) is 6.91. The number of nitrogens with one attached hydrogen (secondary N) is 1. The summed E-state index contributed by atoms with van der Waals surface area (Å²) < 4.78 is 10.8. The lowest BCUT2D eigenvalue weighted by molar-refractivity contribution is -0.139. The van der Waals surface area contributed by atoms with Crippen molar-refractivity contribution in [2.24, 2.45) is 0 Å². The van der Waals surface area contributed by atoms with Crippen LogP contribution in [-0.2, 0) is 20.9 Å². The number of nitrogens with zero attached hydrogens (tertiary/aromatic N) is 2. The van der Waals surface area contributed by atoms with Crippen LogP contribution < -0.4 is 19.7 Å². The highest BCUT2D eigenvalue weighted by Crippen LogP contribution is 2.35. The van der Waals surface area contributed by atoms with Gasteiger partial charge < -0.3 is 19.7 Å². The van der Waals surface area contributed by atoms with Gasteiger partial charge in [-0.25, -0.2) is 0 Å². The van der Waals surface area contributed by atoms with E-state index in [-0.39, 0.29) is 18.9 Å². The molecule has 1 atom stereocenters. The molecular formula is C32H25N3O6. The molecule has 0 aromatic heterocycles. The van der Waals surface area contributed by atoms with Crippen LogP contribution in [0.2, 0.25) is 0 Å². The Balaban J connectivity index is 1.36. The van der Waals surface area contributed by atoms with Crippen molar-refractivity contribution in [2.45, 2.75) is 12.6 Å². The zero-order valence-corrected chi connectivity index (χ0v) is 21.9. The molecule has 0 fully saturated rings. The lowest BCUT2D eigenvalue weighted by Crippen LogP contribution is -2.46. The molecule has 41 heavy (non-hydrogen) atoms. The quantitative estimate of drug-likeness (QED) is 0.329. The fourth-order valence-electron chi connectivity index (χ4n) is 5.03. The van der Waals surface area contributed by atoms with E-state index in [2.05, 4.69) is 5.32 Å². The van der Waals surface area contributed by atoms with Gasteiger partial charge in [-0.15, -0.1) is 0 Å². The number of carbonyl (C=O) groups is 4. The average molecular weight is 548 g/mol. The summed E-state index contributed by atoms with van der Waals surface area (Å²) in [6.45, 7) is -0.222. The molecule has 0 bridgehead atoms. The zero-order chi connectivity index (χ0) is 28.3. The number of rotatable bonds is 8. The Morgan fingerprint density at radius 3 is 2.29 bits per heavy atom. The van der Waals surface area contributed by atoms with Gasteiger partial charge >= 0.3 is 0 Å². The molecule has 3 amide bonds. The van der Waals surface area contributed by atoms with E-state index < -0.39 is 36.1 Å². The van der Waals surface area contributed by atoms with Gasteiger partial charge in [0.15, 0.2) is 11.5 Å². The van der Waals surface area contributed by atoms with Crippen molar-refractivity contribution >= 4 is 34.9 Å². The summed E-state index contributed by atoms with van der Waals surface area (Å²) in [6, 6.07) is 28.8. The summed E-state index contributed by atoms with van der Waals surface area (Å²) >= 11 is 0. The van der Waals surface area contributed by atoms with Crippen molar-refractivity contribution in [1.82, 2.24) is 4.90 Å². The standard InChI is InChI=1S/C32H25N3O6/c36-28(19-34-25-14-8-7-13-24(25)30(37)32(34)39)35(18-21-9-3-1-4-10-21)29(22-11-5-2-6-12-22)31(38)33-23-15-16-26-27(17-23)41-20-40-26/h1-17,29H,18-20H2,(H,33,38). The fraction of sp³-hybridized carbons (Fsp3) is 0.125. The van der Waals surface area contributed by atoms with Crippen LogP contribution in [0.3, 0.4) is 0 Å². The van der Waals surface area contributed by atoms with Crippen molar-refractivity contribution in [2.75, 3.05) is 23.6 Å². The Morgan fingerprint density at radius 2 is 1.51 bits per heavy atom. The molecule has 9 nitrogen and oxygen atoms in total. The molecule has 0 spiro atoms. The number of hydrogen-bond donors (Lipinski definition) is 1. The Morgan fingerprint density at radius 1 is 0.829 bits per heavy atom. The smallest absolute Gasteiger partial charge is 0.299 e. The number of carbonyl (C=O) groups excluding carboxylic acids is 4. The molecular weight excluding hydrogens is 522 g/mol. The molecule has 6 rings (SSSR count). The Labute approximate surface area is 235 Å². The van der Waals surface area contributed by atoms with E-state index in [1.807, 2.05) is 36.4 Å². The molecule has 4 aromatic carbocycles. The second kappa shape index (κ2) is 11.0. The predicted octanol–water partition coefficient (Wildman–Crippen LogP) is 4.35. The Hall–Kier alpha value is -5.44. The highest BCUT2D eigenvalue weighted by molar-refractivity contribution is 6.52. The van der Waals surface area contributed by atoms with Gasteiger partial charge in [-0.2, -0.15) is 0 Å². The molecule has 2 aliphatic rings. The van der Waals surface area contributed by atoms with E-state index in [0.29, 0.717) is 28.4 Å². The molecule has 0 radical (unpaired) electrons. The molecule has 9 heteroatoms. The molecule has 0 aliphatic carbocycles.